The Morgan fingerprint density at radius 2 is 2.00 bits per heavy atom. The van der Waals surface area contributed by atoms with Gasteiger partial charge in [0.15, 0.2) is 6.10 Å². The molecule has 7 heteroatoms. The second kappa shape index (κ2) is 5.05. The van der Waals surface area contributed by atoms with E-state index in [9.17, 15) is 18.0 Å². The van der Waals surface area contributed by atoms with Gasteiger partial charge < -0.3 is 10.2 Å². The summed E-state index contributed by atoms with van der Waals surface area (Å²) in [5.74, 6) is -1.55. The lowest BCUT2D eigenvalue weighted by Crippen LogP contribution is -2.23. The Hall–Kier alpha value is -1.08. The van der Waals surface area contributed by atoms with E-state index in [1.165, 1.54) is 6.07 Å². The van der Waals surface area contributed by atoms with E-state index in [1.807, 2.05) is 0 Å². The maximum absolute atomic E-state index is 12.6. The molecule has 1 atom stereocenters. The molecule has 0 aliphatic heterocycles. The first-order valence-corrected chi connectivity index (χ1v) is 5.27. The number of hydrogen-bond acceptors (Lipinski definition) is 2. The van der Waals surface area contributed by atoms with E-state index in [-0.39, 0.29) is 10.0 Å². The van der Waals surface area contributed by atoms with E-state index < -0.39 is 30.2 Å². The molecule has 0 aliphatic carbocycles. The van der Waals surface area contributed by atoms with E-state index in [1.54, 1.807) is 0 Å². The molecular weight excluding hydrogens is 305 g/mol. The van der Waals surface area contributed by atoms with Crippen LogP contribution in [0.15, 0.2) is 22.7 Å². The van der Waals surface area contributed by atoms with Crippen LogP contribution < -0.4 is 0 Å². The van der Waals surface area contributed by atoms with Crippen molar-refractivity contribution in [1.29, 1.82) is 0 Å². The Morgan fingerprint density at radius 1 is 1.41 bits per heavy atom. The number of hydrogen-bond donors (Lipinski definition) is 2. The molecule has 0 radical (unpaired) electrons. The molecule has 0 saturated heterocycles. The van der Waals surface area contributed by atoms with Gasteiger partial charge in [0, 0.05) is 10.9 Å². The minimum Gasteiger partial charge on any atom is -0.479 e. The van der Waals surface area contributed by atoms with Crippen LogP contribution in [0.1, 0.15) is 11.1 Å². The summed E-state index contributed by atoms with van der Waals surface area (Å²) in [5.41, 5.74) is -1.21. The number of aliphatic carboxylic acids is 1. The molecule has 1 unspecified atom stereocenters. The Morgan fingerprint density at radius 3 is 2.47 bits per heavy atom. The molecule has 0 aromatic heterocycles. The van der Waals surface area contributed by atoms with Gasteiger partial charge in [-0.3, -0.25) is 0 Å². The summed E-state index contributed by atoms with van der Waals surface area (Å²) in [6.45, 7) is 0. The molecule has 1 aromatic rings. The maximum atomic E-state index is 12.6. The van der Waals surface area contributed by atoms with Gasteiger partial charge in [0.2, 0.25) is 0 Å². The Balaban J connectivity index is 3.11. The van der Waals surface area contributed by atoms with Crippen molar-refractivity contribution in [2.75, 3.05) is 0 Å². The molecule has 17 heavy (non-hydrogen) atoms. The van der Waals surface area contributed by atoms with E-state index in [0.717, 1.165) is 12.1 Å². The normalized spacial score (nSPS) is 13.5. The zero-order valence-electron chi connectivity index (χ0n) is 8.33. The van der Waals surface area contributed by atoms with Gasteiger partial charge in [0.05, 0.1) is 5.56 Å². The van der Waals surface area contributed by atoms with Gasteiger partial charge in [-0.1, -0.05) is 22.0 Å². The molecule has 0 fully saturated rings. The molecule has 0 aliphatic rings. The molecule has 0 amide bonds. The first-order chi connectivity index (χ1) is 7.71. The number of benzene rings is 1. The van der Waals surface area contributed by atoms with E-state index in [0.29, 0.717) is 0 Å². The lowest BCUT2D eigenvalue weighted by molar-refractivity contribution is -0.147. The maximum Gasteiger partial charge on any atom is 0.416 e. The zero-order chi connectivity index (χ0) is 13.2. The van der Waals surface area contributed by atoms with Crippen LogP contribution in [-0.4, -0.2) is 22.3 Å². The van der Waals surface area contributed by atoms with Crippen molar-refractivity contribution in [2.24, 2.45) is 0 Å². The van der Waals surface area contributed by atoms with Crippen molar-refractivity contribution in [3.63, 3.8) is 0 Å². The second-order valence-electron chi connectivity index (χ2n) is 3.36. The minimum absolute atomic E-state index is 0.235. The molecule has 1 rings (SSSR count). The highest BCUT2D eigenvalue weighted by atomic mass is 79.9. The number of rotatable bonds is 3. The van der Waals surface area contributed by atoms with Gasteiger partial charge in [-0.15, -0.1) is 0 Å². The number of aliphatic hydroxyl groups is 1. The van der Waals surface area contributed by atoms with Crippen molar-refractivity contribution in [1.82, 2.24) is 0 Å². The van der Waals surface area contributed by atoms with Gasteiger partial charge in [0.25, 0.3) is 0 Å². The predicted molar refractivity (Wildman–Crippen MR) is 56.5 cm³/mol. The van der Waals surface area contributed by atoms with Crippen molar-refractivity contribution >= 4 is 21.9 Å². The fourth-order valence-electron chi connectivity index (χ4n) is 1.29. The monoisotopic (exact) mass is 312 g/mol. The number of alkyl halides is 3. The summed E-state index contributed by atoms with van der Waals surface area (Å²) < 4.78 is 38.1. The van der Waals surface area contributed by atoms with Crippen LogP contribution in [0, 0.1) is 0 Å². The first kappa shape index (κ1) is 14.0. The van der Waals surface area contributed by atoms with E-state index >= 15 is 0 Å². The highest BCUT2D eigenvalue weighted by Crippen LogP contribution is 2.34. The first-order valence-electron chi connectivity index (χ1n) is 4.48. The zero-order valence-corrected chi connectivity index (χ0v) is 9.92. The molecule has 3 nitrogen and oxygen atoms in total. The van der Waals surface area contributed by atoms with Crippen LogP contribution in [0.3, 0.4) is 0 Å². The smallest absolute Gasteiger partial charge is 0.416 e. The quantitative estimate of drug-likeness (QED) is 0.901. The van der Waals surface area contributed by atoms with Crippen LogP contribution in [0.2, 0.25) is 0 Å². The predicted octanol–water partition coefficient (Wildman–Crippen LogP) is 2.46. The highest BCUT2D eigenvalue weighted by molar-refractivity contribution is 9.10. The highest BCUT2D eigenvalue weighted by Gasteiger charge is 2.34. The topological polar surface area (TPSA) is 57.5 Å². The van der Waals surface area contributed by atoms with E-state index in [2.05, 4.69) is 15.9 Å². The van der Waals surface area contributed by atoms with Gasteiger partial charge in [-0.2, -0.15) is 13.2 Å². The van der Waals surface area contributed by atoms with Crippen LogP contribution in [0.5, 0.6) is 0 Å². The van der Waals surface area contributed by atoms with Gasteiger partial charge in [0.1, 0.15) is 0 Å². The average Bonchev–Trinajstić information content (AvgIpc) is 2.18. The molecule has 0 spiro atoms. The summed E-state index contributed by atoms with van der Waals surface area (Å²) >= 11 is 2.91. The molecule has 0 heterocycles. The number of aliphatic hydroxyl groups excluding tert-OH is 1. The third-order valence-electron chi connectivity index (χ3n) is 2.08. The fraction of sp³-hybridized carbons (Fsp3) is 0.300. The van der Waals surface area contributed by atoms with Gasteiger partial charge in [-0.05, 0) is 17.7 Å². The standard InChI is InChI=1S/C10H8BrF3O3/c11-6-2-1-5(3-8(15)9(16)17)7(4-6)10(12,13)14/h1-2,4,8,15H,3H2,(H,16,17). The number of carboxylic acids is 1. The van der Waals surface area contributed by atoms with Gasteiger partial charge >= 0.3 is 12.1 Å². The largest absolute Gasteiger partial charge is 0.479 e. The summed E-state index contributed by atoms with van der Waals surface area (Å²) in [4.78, 5) is 10.4. The molecule has 2 N–H and O–H groups in total. The fourth-order valence-corrected chi connectivity index (χ4v) is 1.65. The van der Waals surface area contributed by atoms with Crippen molar-refractivity contribution < 1.29 is 28.2 Å². The molecular formula is C10H8BrF3O3. The summed E-state index contributed by atoms with van der Waals surface area (Å²) in [5, 5.41) is 17.5. The lowest BCUT2D eigenvalue weighted by Gasteiger charge is -2.14. The number of carbonyl (C=O) groups is 1. The van der Waals surface area contributed by atoms with Gasteiger partial charge in [-0.25, -0.2) is 4.79 Å². The Bertz CT molecular complexity index is 431. The summed E-state index contributed by atoms with van der Waals surface area (Å²) in [6.07, 6.45) is -7.02. The van der Waals surface area contributed by atoms with Crippen molar-refractivity contribution in [3.8, 4) is 0 Å². The Kier molecular flexibility index (Phi) is 4.16. The number of halogens is 4. The summed E-state index contributed by atoms with van der Waals surface area (Å²) in [6, 6.07) is 3.35. The third kappa shape index (κ3) is 3.71. The number of carboxylic acid groups (broad SMARTS) is 1. The molecule has 94 valence electrons. The van der Waals surface area contributed by atoms with Crippen LogP contribution in [0.4, 0.5) is 13.2 Å². The summed E-state index contributed by atoms with van der Waals surface area (Å²) in [7, 11) is 0. The van der Waals surface area contributed by atoms with E-state index in [4.69, 9.17) is 10.2 Å². The lowest BCUT2D eigenvalue weighted by atomic mass is 10.0. The average molecular weight is 313 g/mol. The van der Waals surface area contributed by atoms with Crippen LogP contribution >= 0.6 is 15.9 Å². The molecule has 1 aromatic carbocycles. The molecule has 0 bridgehead atoms. The molecule has 0 saturated carbocycles. The van der Waals surface area contributed by atoms with Crippen LogP contribution in [-0.2, 0) is 17.4 Å². The minimum atomic E-state index is -4.59. The second-order valence-corrected chi connectivity index (χ2v) is 4.27. The van der Waals surface area contributed by atoms with Crippen LogP contribution in [0.25, 0.3) is 0 Å². The van der Waals surface area contributed by atoms with Crippen molar-refractivity contribution in [3.05, 3.63) is 33.8 Å². The SMILES string of the molecule is O=C(O)C(O)Cc1ccc(Br)cc1C(F)(F)F. The Labute approximate surface area is 103 Å². The van der Waals surface area contributed by atoms with Crippen molar-refractivity contribution in [2.45, 2.75) is 18.7 Å². The third-order valence-corrected chi connectivity index (χ3v) is 2.57.